The maximum atomic E-state index is 11.4. The van der Waals surface area contributed by atoms with Crippen molar-refractivity contribution in [2.45, 2.75) is 20.3 Å². The summed E-state index contributed by atoms with van der Waals surface area (Å²) in [7, 11) is 0. The first-order valence-corrected chi connectivity index (χ1v) is 5.70. The molecule has 0 fully saturated rings. The van der Waals surface area contributed by atoms with Crippen LogP contribution in [0.15, 0.2) is 6.20 Å². The predicted molar refractivity (Wildman–Crippen MR) is 63.1 cm³/mol. The number of carboxylic acids is 1. The van der Waals surface area contributed by atoms with E-state index in [0.29, 0.717) is 5.00 Å². The molecule has 0 radical (unpaired) electrons. The summed E-state index contributed by atoms with van der Waals surface area (Å²) in [5.41, 5.74) is -1.23. The number of hydrogen-bond acceptors (Lipinski definition) is 6. The average Bonchev–Trinajstić information content (AvgIpc) is 2.68. The number of imide groups is 1. The zero-order chi connectivity index (χ0) is 13.8. The van der Waals surface area contributed by atoms with Gasteiger partial charge >= 0.3 is 12.0 Å². The number of nitrogens with one attached hydrogen (secondary N) is 2. The van der Waals surface area contributed by atoms with E-state index in [9.17, 15) is 14.4 Å². The molecule has 0 spiro atoms. The van der Waals surface area contributed by atoms with Gasteiger partial charge in [0.05, 0.1) is 11.6 Å². The van der Waals surface area contributed by atoms with Crippen LogP contribution in [0, 0.1) is 5.41 Å². The molecule has 0 aromatic carbocycles. The Morgan fingerprint density at radius 2 is 2.11 bits per heavy atom. The molecule has 8 nitrogen and oxygen atoms in total. The second-order valence-electron chi connectivity index (χ2n) is 4.15. The molecule has 0 saturated heterocycles. The monoisotopic (exact) mass is 272 g/mol. The van der Waals surface area contributed by atoms with E-state index >= 15 is 0 Å². The Labute approximate surface area is 107 Å². The first-order chi connectivity index (χ1) is 8.31. The highest BCUT2D eigenvalue weighted by molar-refractivity contribution is 7.10. The molecular formula is C9H12N4O4S. The normalized spacial score (nSPS) is 10.8. The number of carbonyl (C=O) groups excluding carboxylic acids is 2. The number of amides is 3. The molecule has 0 unspecified atom stereocenters. The Morgan fingerprint density at radius 1 is 1.44 bits per heavy atom. The van der Waals surface area contributed by atoms with E-state index in [-0.39, 0.29) is 6.42 Å². The summed E-state index contributed by atoms with van der Waals surface area (Å²) in [4.78, 5) is 33.6. The van der Waals surface area contributed by atoms with E-state index in [1.54, 1.807) is 0 Å². The fourth-order valence-electron chi connectivity index (χ4n) is 1.01. The summed E-state index contributed by atoms with van der Waals surface area (Å²) >= 11 is 0.958. The molecule has 0 saturated carbocycles. The van der Waals surface area contributed by atoms with Crippen molar-refractivity contribution < 1.29 is 19.5 Å². The van der Waals surface area contributed by atoms with Gasteiger partial charge in [0.1, 0.15) is 5.00 Å². The zero-order valence-electron chi connectivity index (χ0n) is 9.76. The lowest BCUT2D eigenvalue weighted by molar-refractivity contribution is -0.149. The molecule has 9 heteroatoms. The van der Waals surface area contributed by atoms with Crippen molar-refractivity contribution in [3.05, 3.63) is 6.20 Å². The average molecular weight is 272 g/mol. The first kappa shape index (κ1) is 14.0. The quantitative estimate of drug-likeness (QED) is 0.741. The Balaban J connectivity index is 2.45. The molecular weight excluding hydrogens is 260 g/mol. The molecule has 0 aliphatic heterocycles. The van der Waals surface area contributed by atoms with Gasteiger partial charge in [-0.1, -0.05) is 4.49 Å². The van der Waals surface area contributed by atoms with Crippen LogP contribution >= 0.6 is 11.5 Å². The van der Waals surface area contributed by atoms with Crippen molar-refractivity contribution in [3.63, 3.8) is 0 Å². The smallest absolute Gasteiger partial charge is 0.326 e. The first-order valence-electron chi connectivity index (χ1n) is 4.93. The van der Waals surface area contributed by atoms with E-state index in [0.717, 1.165) is 11.5 Å². The summed E-state index contributed by atoms with van der Waals surface area (Å²) in [5.74, 6) is -1.78. The van der Waals surface area contributed by atoms with Crippen molar-refractivity contribution >= 4 is 34.4 Å². The molecule has 0 atom stereocenters. The number of hydrogen-bond donors (Lipinski definition) is 3. The van der Waals surface area contributed by atoms with Crippen LogP contribution in [0.3, 0.4) is 0 Å². The Kier molecular flexibility index (Phi) is 4.32. The van der Waals surface area contributed by atoms with Gasteiger partial charge in [0.2, 0.25) is 5.91 Å². The largest absolute Gasteiger partial charge is 0.481 e. The molecule has 0 aliphatic rings. The van der Waals surface area contributed by atoms with Crippen LogP contribution in [-0.2, 0) is 9.59 Å². The number of carbonyl (C=O) groups is 3. The van der Waals surface area contributed by atoms with Gasteiger partial charge in [0, 0.05) is 18.0 Å². The predicted octanol–water partition coefficient (Wildman–Crippen LogP) is 0.687. The number of rotatable bonds is 4. The van der Waals surface area contributed by atoms with Crippen molar-refractivity contribution in [1.29, 1.82) is 0 Å². The highest BCUT2D eigenvalue weighted by Crippen LogP contribution is 2.20. The number of aliphatic carboxylic acids is 1. The number of nitrogens with zero attached hydrogens (tertiary/aromatic N) is 2. The molecule has 1 rings (SSSR count). The summed E-state index contributed by atoms with van der Waals surface area (Å²) in [5, 5.41) is 17.1. The highest BCUT2D eigenvalue weighted by atomic mass is 32.1. The molecule has 1 aromatic heterocycles. The summed E-state index contributed by atoms with van der Waals surface area (Å²) in [6.45, 7) is 2.81. The fourth-order valence-corrected chi connectivity index (χ4v) is 1.43. The van der Waals surface area contributed by atoms with Crippen LogP contribution in [-0.4, -0.2) is 32.6 Å². The van der Waals surface area contributed by atoms with E-state index < -0.39 is 23.3 Å². The molecule has 18 heavy (non-hydrogen) atoms. The minimum Gasteiger partial charge on any atom is -0.481 e. The second kappa shape index (κ2) is 5.54. The lowest BCUT2D eigenvalue weighted by Crippen LogP contribution is -2.38. The van der Waals surface area contributed by atoms with Crippen molar-refractivity contribution in [2.24, 2.45) is 5.41 Å². The Hall–Kier alpha value is -2.03. The minimum atomic E-state index is -1.23. The third-order valence-electron chi connectivity index (χ3n) is 2.03. The maximum Gasteiger partial charge on any atom is 0.326 e. The number of urea groups is 1. The van der Waals surface area contributed by atoms with Crippen molar-refractivity contribution in [1.82, 2.24) is 14.9 Å². The number of aromatic nitrogens is 2. The zero-order valence-corrected chi connectivity index (χ0v) is 10.6. The van der Waals surface area contributed by atoms with Crippen LogP contribution in [0.25, 0.3) is 0 Å². The Bertz CT molecular complexity index is 457. The van der Waals surface area contributed by atoms with E-state index in [1.807, 2.05) is 5.32 Å². The molecule has 98 valence electrons. The standard InChI is InChI=1S/C9H12N4O4S/c1-9(2,7(15)16)3-5(14)11-8(17)12-6-4-10-13-18-6/h4H,3H2,1-2H3,(H,15,16)(H2,11,12,14,17). The Morgan fingerprint density at radius 3 is 2.61 bits per heavy atom. The summed E-state index contributed by atoms with van der Waals surface area (Å²) in [6, 6.07) is -0.743. The van der Waals surface area contributed by atoms with Crippen molar-refractivity contribution in [2.75, 3.05) is 5.32 Å². The van der Waals surface area contributed by atoms with Crippen LogP contribution in [0.4, 0.5) is 9.80 Å². The van der Waals surface area contributed by atoms with Crippen LogP contribution < -0.4 is 10.6 Å². The van der Waals surface area contributed by atoms with E-state index in [1.165, 1.54) is 20.0 Å². The van der Waals surface area contributed by atoms with Gasteiger partial charge in [-0.3, -0.25) is 20.2 Å². The van der Waals surface area contributed by atoms with Gasteiger partial charge in [0.15, 0.2) is 0 Å². The molecule has 3 amide bonds. The highest BCUT2D eigenvalue weighted by Gasteiger charge is 2.30. The number of carboxylic acid groups (broad SMARTS) is 1. The van der Waals surface area contributed by atoms with E-state index in [2.05, 4.69) is 14.9 Å². The van der Waals surface area contributed by atoms with E-state index in [4.69, 9.17) is 5.11 Å². The molecule has 1 heterocycles. The second-order valence-corrected chi connectivity index (χ2v) is 4.94. The van der Waals surface area contributed by atoms with Crippen LogP contribution in [0.2, 0.25) is 0 Å². The van der Waals surface area contributed by atoms with Gasteiger partial charge in [-0.05, 0) is 13.8 Å². The molecule has 0 aliphatic carbocycles. The fraction of sp³-hybridized carbons (Fsp3) is 0.444. The van der Waals surface area contributed by atoms with Gasteiger partial charge in [0.25, 0.3) is 0 Å². The number of anilines is 1. The summed E-state index contributed by atoms with van der Waals surface area (Å²) in [6.07, 6.45) is 1.03. The van der Waals surface area contributed by atoms with Crippen LogP contribution in [0.1, 0.15) is 20.3 Å². The topological polar surface area (TPSA) is 121 Å². The van der Waals surface area contributed by atoms with Gasteiger partial charge in [-0.2, -0.15) is 0 Å². The maximum absolute atomic E-state index is 11.4. The minimum absolute atomic E-state index is 0.295. The van der Waals surface area contributed by atoms with Crippen molar-refractivity contribution in [3.8, 4) is 0 Å². The molecule has 3 N–H and O–H groups in total. The molecule has 1 aromatic rings. The third-order valence-corrected chi connectivity index (χ3v) is 2.61. The van der Waals surface area contributed by atoms with Gasteiger partial charge in [-0.15, -0.1) is 5.10 Å². The van der Waals surface area contributed by atoms with Gasteiger partial charge in [-0.25, -0.2) is 4.79 Å². The lowest BCUT2D eigenvalue weighted by Gasteiger charge is -2.17. The molecule has 0 bridgehead atoms. The summed E-state index contributed by atoms with van der Waals surface area (Å²) < 4.78 is 3.52. The SMILES string of the molecule is CC(C)(CC(=O)NC(=O)Nc1cnns1)C(=O)O. The lowest BCUT2D eigenvalue weighted by atomic mass is 9.89. The van der Waals surface area contributed by atoms with Gasteiger partial charge < -0.3 is 5.11 Å². The third kappa shape index (κ3) is 4.09. The van der Waals surface area contributed by atoms with Crippen LogP contribution in [0.5, 0.6) is 0 Å².